The molecule has 5 nitrogen and oxygen atoms in total. The number of carbonyl (C=O) groups is 2. The van der Waals surface area contributed by atoms with E-state index in [0.717, 1.165) is 25.7 Å². The fraction of sp³-hybridized carbons (Fsp3) is 0.867. The van der Waals surface area contributed by atoms with Gasteiger partial charge >= 0.3 is 6.09 Å². The molecule has 1 unspecified atom stereocenters. The molecule has 0 spiro atoms. The fourth-order valence-corrected chi connectivity index (χ4v) is 2.48. The van der Waals surface area contributed by atoms with E-state index < -0.39 is 11.7 Å². The van der Waals surface area contributed by atoms with Crippen LogP contribution < -0.4 is 5.32 Å². The van der Waals surface area contributed by atoms with Crippen molar-refractivity contribution in [2.75, 3.05) is 13.7 Å². The maximum absolute atomic E-state index is 12.1. The van der Waals surface area contributed by atoms with Crippen molar-refractivity contribution in [1.82, 2.24) is 5.32 Å². The number of amides is 1. The zero-order valence-electron chi connectivity index (χ0n) is 13.0. The smallest absolute Gasteiger partial charge is 0.407 e. The molecule has 0 aromatic rings. The minimum absolute atomic E-state index is 0.162. The van der Waals surface area contributed by atoms with Crippen molar-refractivity contribution < 1.29 is 19.1 Å². The second kappa shape index (κ2) is 7.62. The largest absolute Gasteiger partial charge is 0.444 e. The molecule has 1 rings (SSSR count). The quantitative estimate of drug-likeness (QED) is 0.815. The molecule has 1 aliphatic rings. The molecule has 1 N–H and O–H groups in total. The highest BCUT2D eigenvalue weighted by Crippen LogP contribution is 2.26. The highest BCUT2D eigenvalue weighted by molar-refractivity contribution is 5.82. The fourth-order valence-electron chi connectivity index (χ4n) is 2.48. The number of nitrogens with one attached hydrogen (secondary N) is 1. The van der Waals surface area contributed by atoms with Gasteiger partial charge in [-0.3, -0.25) is 4.79 Å². The van der Waals surface area contributed by atoms with E-state index in [4.69, 9.17) is 9.47 Å². The first-order valence-electron chi connectivity index (χ1n) is 7.33. The first-order chi connectivity index (χ1) is 9.31. The number of hydrogen-bond acceptors (Lipinski definition) is 4. The lowest BCUT2D eigenvalue weighted by atomic mass is 9.97. The van der Waals surface area contributed by atoms with E-state index >= 15 is 0 Å². The van der Waals surface area contributed by atoms with Crippen LogP contribution in [0.1, 0.15) is 52.9 Å². The molecule has 1 aliphatic carbocycles. The molecule has 1 fully saturated rings. The SMILES string of the molecule is COCC(CC(=O)C1CCCC1)NC(=O)OC(C)(C)C. The second-order valence-electron chi connectivity index (χ2n) is 6.45. The molecular formula is C15H27NO4. The molecule has 1 amide bonds. The Balaban J connectivity index is 2.46. The zero-order chi connectivity index (χ0) is 15.2. The van der Waals surface area contributed by atoms with Crippen LogP contribution >= 0.6 is 0 Å². The summed E-state index contributed by atoms with van der Waals surface area (Å²) in [6.07, 6.45) is 4.03. The van der Waals surface area contributed by atoms with Gasteiger partial charge < -0.3 is 14.8 Å². The third-order valence-corrected chi connectivity index (χ3v) is 3.35. The van der Waals surface area contributed by atoms with Crippen molar-refractivity contribution >= 4 is 11.9 Å². The molecule has 5 heteroatoms. The van der Waals surface area contributed by atoms with Crippen molar-refractivity contribution in [3.63, 3.8) is 0 Å². The van der Waals surface area contributed by atoms with Gasteiger partial charge in [0.15, 0.2) is 0 Å². The van der Waals surface area contributed by atoms with Crippen molar-refractivity contribution in [2.24, 2.45) is 5.92 Å². The normalized spacial score (nSPS) is 17.8. The number of ketones is 1. The highest BCUT2D eigenvalue weighted by Gasteiger charge is 2.27. The van der Waals surface area contributed by atoms with Gasteiger partial charge in [-0.25, -0.2) is 4.79 Å². The Morgan fingerprint density at radius 3 is 2.35 bits per heavy atom. The minimum atomic E-state index is -0.544. The highest BCUT2D eigenvalue weighted by atomic mass is 16.6. The summed E-state index contributed by atoms with van der Waals surface area (Å²) in [6.45, 7) is 5.74. The molecule has 0 bridgehead atoms. The first-order valence-corrected chi connectivity index (χ1v) is 7.33. The lowest BCUT2D eigenvalue weighted by molar-refractivity contribution is -0.123. The Hall–Kier alpha value is -1.10. The predicted octanol–water partition coefficient (Wildman–Crippen LogP) is 2.68. The Bertz CT molecular complexity index is 329. The summed E-state index contributed by atoms with van der Waals surface area (Å²) in [5, 5.41) is 2.72. The molecule has 0 aromatic carbocycles. The number of carbonyl (C=O) groups excluding carboxylic acids is 2. The van der Waals surface area contributed by atoms with Crippen molar-refractivity contribution in [3.8, 4) is 0 Å². The van der Waals surface area contributed by atoms with Gasteiger partial charge in [0.05, 0.1) is 12.6 Å². The molecule has 1 atom stereocenters. The van der Waals surface area contributed by atoms with Gasteiger partial charge in [-0.2, -0.15) is 0 Å². The monoisotopic (exact) mass is 285 g/mol. The van der Waals surface area contributed by atoms with Crippen LogP contribution in [0.25, 0.3) is 0 Å². The van der Waals surface area contributed by atoms with Gasteiger partial charge in [0, 0.05) is 19.4 Å². The van der Waals surface area contributed by atoms with E-state index in [2.05, 4.69) is 5.32 Å². The number of ether oxygens (including phenoxy) is 2. The summed E-state index contributed by atoms with van der Waals surface area (Å²) in [6, 6.07) is -0.317. The Morgan fingerprint density at radius 1 is 1.25 bits per heavy atom. The Labute approximate surface area is 121 Å². The molecule has 0 saturated heterocycles. The molecular weight excluding hydrogens is 258 g/mol. The molecule has 0 radical (unpaired) electrons. The van der Waals surface area contributed by atoms with Crippen molar-refractivity contribution in [3.05, 3.63) is 0 Å². The molecule has 0 heterocycles. The van der Waals surface area contributed by atoms with Crippen molar-refractivity contribution in [2.45, 2.75) is 64.5 Å². The van der Waals surface area contributed by atoms with E-state index in [-0.39, 0.29) is 17.7 Å². The maximum atomic E-state index is 12.1. The summed E-state index contributed by atoms with van der Waals surface area (Å²) in [5.41, 5.74) is -0.544. The van der Waals surface area contributed by atoms with Crippen LogP contribution in [0.5, 0.6) is 0 Å². The average Bonchev–Trinajstić information content (AvgIpc) is 2.79. The third kappa shape index (κ3) is 6.37. The van der Waals surface area contributed by atoms with Gasteiger partial charge in [-0.05, 0) is 33.6 Å². The van der Waals surface area contributed by atoms with Crippen LogP contribution in [0.3, 0.4) is 0 Å². The summed E-state index contributed by atoms with van der Waals surface area (Å²) < 4.78 is 10.3. The van der Waals surface area contributed by atoms with Gasteiger partial charge in [-0.1, -0.05) is 12.8 Å². The third-order valence-electron chi connectivity index (χ3n) is 3.35. The summed E-state index contributed by atoms with van der Waals surface area (Å²) in [7, 11) is 1.56. The van der Waals surface area contributed by atoms with Crippen LogP contribution in [0.2, 0.25) is 0 Å². The summed E-state index contributed by atoms with van der Waals surface area (Å²) in [5.74, 6) is 0.385. The number of Topliss-reactive ketones (excluding diaryl/α,β-unsaturated/α-hetero) is 1. The second-order valence-corrected chi connectivity index (χ2v) is 6.45. The standard InChI is InChI=1S/C15H27NO4/c1-15(2,3)20-14(18)16-12(10-19-4)9-13(17)11-7-5-6-8-11/h11-12H,5-10H2,1-4H3,(H,16,18). The van der Waals surface area contributed by atoms with E-state index in [9.17, 15) is 9.59 Å². The van der Waals surface area contributed by atoms with Gasteiger partial charge in [-0.15, -0.1) is 0 Å². The molecule has 0 aliphatic heterocycles. The maximum Gasteiger partial charge on any atom is 0.407 e. The molecule has 116 valence electrons. The van der Waals surface area contributed by atoms with Crippen LogP contribution in [0, 0.1) is 5.92 Å². The number of methoxy groups -OCH3 is 1. The molecule has 0 aromatic heterocycles. The Kier molecular flexibility index (Phi) is 6.46. The summed E-state index contributed by atoms with van der Waals surface area (Å²) in [4.78, 5) is 23.9. The van der Waals surface area contributed by atoms with Gasteiger partial charge in [0.2, 0.25) is 0 Å². The minimum Gasteiger partial charge on any atom is -0.444 e. The van der Waals surface area contributed by atoms with E-state index in [0.29, 0.717) is 13.0 Å². The summed E-state index contributed by atoms with van der Waals surface area (Å²) >= 11 is 0. The topological polar surface area (TPSA) is 64.6 Å². The molecule has 1 saturated carbocycles. The zero-order valence-corrected chi connectivity index (χ0v) is 13.0. The predicted molar refractivity (Wildman–Crippen MR) is 76.6 cm³/mol. The van der Waals surface area contributed by atoms with Crippen LogP contribution in [0.4, 0.5) is 4.79 Å². The Morgan fingerprint density at radius 2 is 1.85 bits per heavy atom. The van der Waals surface area contributed by atoms with Crippen LogP contribution in [0.15, 0.2) is 0 Å². The number of hydrogen-bond donors (Lipinski definition) is 1. The average molecular weight is 285 g/mol. The number of alkyl carbamates (subject to hydrolysis) is 1. The van der Waals surface area contributed by atoms with E-state index in [1.54, 1.807) is 7.11 Å². The van der Waals surface area contributed by atoms with Crippen LogP contribution in [-0.2, 0) is 14.3 Å². The van der Waals surface area contributed by atoms with Crippen molar-refractivity contribution in [1.29, 1.82) is 0 Å². The van der Waals surface area contributed by atoms with E-state index in [1.807, 2.05) is 20.8 Å². The van der Waals surface area contributed by atoms with Gasteiger partial charge in [0.1, 0.15) is 11.4 Å². The number of rotatable bonds is 6. The lowest BCUT2D eigenvalue weighted by Gasteiger charge is -2.23. The molecule has 20 heavy (non-hydrogen) atoms. The van der Waals surface area contributed by atoms with Crippen LogP contribution in [-0.4, -0.2) is 37.2 Å². The van der Waals surface area contributed by atoms with Gasteiger partial charge in [0.25, 0.3) is 0 Å². The van der Waals surface area contributed by atoms with E-state index in [1.165, 1.54) is 0 Å². The first kappa shape index (κ1) is 17.0. The lowest BCUT2D eigenvalue weighted by Crippen LogP contribution is -2.43.